The molecule has 1 N–H and O–H groups in total. The molecule has 0 fully saturated rings. The largest absolute Gasteiger partial charge is 0.490 e. The fraction of sp³-hybridized carbons (Fsp3) is 0.444. The molecule has 1 unspecified atom stereocenters. The molecule has 142 valence electrons. The zero-order valence-corrected chi connectivity index (χ0v) is 17.1. The van der Waals surface area contributed by atoms with Crippen LogP contribution in [-0.2, 0) is 9.53 Å². The van der Waals surface area contributed by atoms with E-state index in [0.717, 1.165) is 0 Å². The molecule has 8 heteroatoms. The van der Waals surface area contributed by atoms with Gasteiger partial charge in [0.05, 0.1) is 31.9 Å². The third-order valence-electron chi connectivity index (χ3n) is 4.13. The molecule has 26 heavy (non-hydrogen) atoms. The van der Waals surface area contributed by atoms with Gasteiger partial charge in [-0.3, -0.25) is 0 Å². The van der Waals surface area contributed by atoms with Crippen molar-refractivity contribution < 1.29 is 23.8 Å². The lowest BCUT2D eigenvalue weighted by Gasteiger charge is -2.33. The van der Waals surface area contributed by atoms with Gasteiger partial charge in [0.25, 0.3) is 0 Å². The van der Waals surface area contributed by atoms with Crippen LogP contribution in [-0.4, -0.2) is 44.3 Å². The van der Waals surface area contributed by atoms with Crippen molar-refractivity contribution in [3.63, 3.8) is 0 Å². The number of methoxy groups -OCH3 is 1. The Morgan fingerprint density at radius 1 is 1.23 bits per heavy atom. The monoisotopic (exact) mass is 426 g/mol. The van der Waals surface area contributed by atoms with Crippen molar-refractivity contribution in [2.24, 2.45) is 0 Å². The predicted octanol–water partition coefficient (Wildman–Crippen LogP) is 3.39. The van der Waals surface area contributed by atoms with Gasteiger partial charge < -0.3 is 24.4 Å². The lowest BCUT2D eigenvalue weighted by molar-refractivity contribution is -0.136. The Kier molecular flexibility index (Phi) is 6.52. The molecule has 1 aromatic carbocycles. The van der Waals surface area contributed by atoms with E-state index in [1.165, 1.54) is 12.0 Å². The minimum Gasteiger partial charge on any atom is -0.490 e. The number of hydrogen-bond donors (Lipinski definition) is 1. The minimum absolute atomic E-state index is 0.307. The van der Waals surface area contributed by atoms with Gasteiger partial charge in [0, 0.05) is 17.2 Å². The van der Waals surface area contributed by atoms with Crippen LogP contribution in [0.15, 0.2) is 27.9 Å². The number of halogens is 1. The van der Waals surface area contributed by atoms with Crippen LogP contribution >= 0.6 is 15.9 Å². The van der Waals surface area contributed by atoms with Crippen LogP contribution in [0.5, 0.6) is 11.5 Å². The fourth-order valence-electron chi connectivity index (χ4n) is 2.75. The topological polar surface area (TPSA) is 77.1 Å². The fourth-order valence-corrected chi connectivity index (χ4v) is 3.30. The summed E-state index contributed by atoms with van der Waals surface area (Å²) in [5.74, 6) is 0.630. The summed E-state index contributed by atoms with van der Waals surface area (Å²) in [4.78, 5) is 26.1. The van der Waals surface area contributed by atoms with Crippen molar-refractivity contribution in [3.05, 3.63) is 33.4 Å². The molecule has 0 saturated carbocycles. The number of ether oxygens (including phenoxy) is 3. The highest BCUT2D eigenvalue weighted by molar-refractivity contribution is 9.10. The van der Waals surface area contributed by atoms with Crippen molar-refractivity contribution in [1.82, 2.24) is 10.2 Å². The lowest BCUT2D eigenvalue weighted by Crippen LogP contribution is -2.46. The van der Waals surface area contributed by atoms with Crippen LogP contribution < -0.4 is 14.8 Å². The molecule has 0 aromatic heterocycles. The van der Waals surface area contributed by atoms with Crippen LogP contribution in [0.25, 0.3) is 0 Å². The van der Waals surface area contributed by atoms with Gasteiger partial charge >= 0.3 is 12.0 Å². The second-order valence-corrected chi connectivity index (χ2v) is 6.47. The molecular formula is C18H23BrN2O5. The normalized spacial score (nSPS) is 17.1. The van der Waals surface area contributed by atoms with Crippen molar-refractivity contribution in [3.8, 4) is 11.5 Å². The van der Waals surface area contributed by atoms with Gasteiger partial charge in [-0.15, -0.1) is 0 Å². The molecule has 1 heterocycles. The first-order valence-electron chi connectivity index (χ1n) is 8.27. The zero-order valence-electron chi connectivity index (χ0n) is 15.5. The molecule has 0 saturated heterocycles. The second-order valence-electron chi connectivity index (χ2n) is 5.62. The predicted molar refractivity (Wildman–Crippen MR) is 100 cm³/mol. The van der Waals surface area contributed by atoms with E-state index in [4.69, 9.17) is 14.2 Å². The Morgan fingerprint density at radius 3 is 2.35 bits per heavy atom. The van der Waals surface area contributed by atoms with Crippen molar-refractivity contribution in [2.75, 3.05) is 27.4 Å². The third kappa shape index (κ3) is 3.80. The summed E-state index contributed by atoms with van der Waals surface area (Å²) in [5, 5.41) is 2.84. The Balaban J connectivity index is 2.62. The van der Waals surface area contributed by atoms with Crippen molar-refractivity contribution in [2.45, 2.75) is 26.8 Å². The summed E-state index contributed by atoms with van der Waals surface area (Å²) >= 11 is 3.52. The molecule has 2 rings (SSSR count). The maximum absolute atomic E-state index is 12.4. The van der Waals surface area contributed by atoms with E-state index in [1.807, 2.05) is 13.8 Å². The van der Waals surface area contributed by atoms with Crippen molar-refractivity contribution in [1.29, 1.82) is 0 Å². The summed E-state index contributed by atoms with van der Waals surface area (Å²) in [7, 11) is 2.91. The lowest BCUT2D eigenvalue weighted by atomic mass is 9.94. The number of allylic oxidation sites excluding steroid dienone is 1. The minimum atomic E-state index is -0.671. The van der Waals surface area contributed by atoms with E-state index in [9.17, 15) is 9.59 Å². The molecule has 1 aromatic rings. The average molecular weight is 427 g/mol. The smallest absolute Gasteiger partial charge is 0.337 e. The Bertz CT molecular complexity index is 747. The third-order valence-corrected chi connectivity index (χ3v) is 4.82. The first-order chi connectivity index (χ1) is 12.3. The number of carbonyl (C=O) groups is 2. The van der Waals surface area contributed by atoms with E-state index in [2.05, 4.69) is 21.2 Å². The molecule has 0 bridgehead atoms. The maximum atomic E-state index is 12.4. The van der Waals surface area contributed by atoms with E-state index in [-0.39, 0.29) is 6.03 Å². The summed E-state index contributed by atoms with van der Waals surface area (Å²) < 4.78 is 16.9. The molecule has 0 aliphatic carbocycles. The van der Waals surface area contributed by atoms with Gasteiger partial charge in [-0.1, -0.05) is 15.9 Å². The Labute approximate surface area is 161 Å². The number of urea groups is 1. The van der Waals surface area contributed by atoms with Gasteiger partial charge in [0.15, 0.2) is 11.5 Å². The number of nitrogens with one attached hydrogen (secondary N) is 1. The van der Waals surface area contributed by atoms with Gasteiger partial charge in [-0.05, 0) is 38.5 Å². The van der Waals surface area contributed by atoms with Crippen LogP contribution in [0.1, 0.15) is 32.4 Å². The zero-order chi connectivity index (χ0) is 19.4. The van der Waals surface area contributed by atoms with Crippen LogP contribution in [0.2, 0.25) is 0 Å². The summed E-state index contributed by atoms with van der Waals surface area (Å²) in [6.07, 6.45) is 0. The molecule has 7 nitrogen and oxygen atoms in total. The van der Waals surface area contributed by atoms with Gasteiger partial charge in [-0.25, -0.2) is 9.59 Å². The summed E-state index contributed by atoms with van der Waals surface area (Å²) in [6.45, 7) is 6.42. The van der Waals surface area contributed by atoms with Gasteiger partial charge in [0.2, 0.25) is 0 Å². The molecule has 1 aliphatic rings. The average Bonchev–Trinajstić information content (AvgIpc) is 2.61. The molecule has 0 spiro atoms. The maximum Gasteiger partial charge on any atom is 0.337 e. The Hall–Kier alpha value is -2.22. The molecule has 1 atom stereocenters. The van der Waals surface area contributed by atoms with E-state index in [1.54, 1.807) is 26.1 Å². The molecule has 2 amide bonds. The first-order valence-corrected chi connectivity index (χ1v) is 9.07. The van der Waals surface area contributed by atoms with Crippen LogP contribution in [0.3, 0.4) is 0 Å². The number of rotatable bonds is 6. The number of amides is 2. The van der Waals surface area contributed by atoms with E-state index in [0.29, 0.717) is 46.0 Å². The standard InChI is InChI=1S/C18H23BrN2O5/c1-6-25-13-8-11(12(19)9-14(13)26-7-2)16-15(17(22)24-5)10(3)21(4)18(23)20-16/h8-9,16H,6-7H2,1-5H3,(H,20,23). The molecular weight excluding hydrogens is 404 g/mol. The highest BCUT2D eigenvalue weighted by Crippen LogP contribution is 2.40. The summed E-state index contributed by atoms with van der Waals surface area (Å²) in [6, 6.07) is 2.57. The summed E-state index contributed by atoms with van der Waals surface area (Å²) in [5.41, 5.74) is 1.57. The molecule has 1 aliphatic heterocycles. The first kappa shape index (κ1) is 20.1. The Morgan fingerprint density at radius 2 is 1.81 bits per heavy atom. The highest BCUT2D eigenvalue weighted by Gasteiger charge is 2.36. The number of hydrogen-bond acceptors (Lipinski definition) is 5. The SMILES string of the molecule is CCOc1cc(Br)c(C2NC(=O)N(C)C(C)=C2C(=O)OC)cc1OCC. The van der Waals surface area contributed by atoms with Gasteiger partial charge in [0.1, 0.15) is 0 Å². The van der Waals surface area contributed by atoms with Crippen LogP contribution in [0.4, 0.5) is 4.79 Å². The van der Waals surface area contributed by atoms with Crippen molar-refractivity contribution >= 4 is 27.9 Å². The van der Waals surface area contributed by atoms with E-state index >= 15 is 0 Å². The number of esters is 1. The second kappa shape index (κ2) is 8.44. The van der Waals surface area contributed by atoms with Crippen LogP contribution in [0, 0.1) is 0 Å². The number of nitrogens with zero attached hydrogens (tertiary/aromatic N) is 1. The quantitative estimate of drug-likeness (QED) is 0.705. The molecule has 0 radical (unpaired) electrons. The van der Waals surface area contributed by atoms with Gasteiger partial charge in [-0.2, -0.15) is 0 Å². The number of carbonyl (C=O) groups excluding carboxylic acids is 2. The number of benzene rings is 1. The highest BCUT2D eigenvalue weighted by atomic mass is 79.9. The van der Waals surface area contributed by atoms with E-state index < -0.39 is 12.0 Å².